The Balaban J connectivity index is 1.26. The van der Waals surface area contributed by atoms with Crippen molar-refractivity contribution in [2.24, 2.45) is 0 Å². The van der Waals surface area contributed by atoms with E-state index in [1.165, 1.54) is 48.5 Å². The number of aryl methyl sites for hydroxylation is 3. The SMILES string of the molecule is CCN1C(=CC=Cc2n(CC)c3cc(Cl)c(C(F)(F)F)cc3[n+]2CCc2ccc(S(=O)(=O)[O-])c3ccccc23)N(CCc2ccc(S(=O)(=O)[O-])c3ccccc23)c2cc(C(F)(F)F)c(Cl)cc21. The molecule has 7 aromatic rings. The van der Waals surface area contributed by atoms with Crippen molar-refractivity contribution in [3.63, 3.8) is 0 Å². The van der Waals surface area contributed by atoms with Crippen LogP contribution in [0.2, 0.25) is 10.0 Å². The van der Waals surface area contributed by atoms with Crippen molar-refractivity contribution in [2.75, 3.05) is 22.9 Å². The predicted molar refractivity (Wildman–Crippen MR) is 243 cm³/mol. The van der Waals surface area contributed by atoms with E-state index in [4.69, 9.17) is 23.2 Å². The largest absolute Gasteiger partial charge is 0.744 e. The Bertz CT molecular complexity index is 3430. The monoisotopic (exact) mass is 1000 g/mol. The molecule has 0 fully saturated rings. The maximum atomic E-state index is 14.4. The van der Waals surface area contributed by atoms with Gasteiger partial charge in [-0.05, 0) is 83.3 Å². The van der Waals surface area contributed by atoms with Crippen LogP contribution in [0, 0.1) is 0 Å². The Morgan fingerprint density at radius 2 is 1.15 bits per heavy atom. The number of allylic oxidation sites excluding steroid dienone is 2. The number of aromatic nitrogens is 2. The molecule has 0 saturated carbocycles. The van der Waals surface area contributed by atoms with Crippen molar-refractivity contribution in [3.05, 3.63) is 153 Å². The molecule has 0 amide bonds. The normalized spacial score (nSPS) is 14.5. The Morgan fingerprint density at radius 3 is 1.67 bits per heavy atom. The molecule has 0 radical (unpaired) electrons. The predicted octanol–water partition coefficient (Wildman–Crippen LogP) is 11.1. The lowest BCUT2D eigenvalue weighted by Crippen LogP contribution is -2.37. The Kier molecular flexibility index (Phi) is 12.7. The summed E-state index contributed by atoms with van der Waals surface area (Å²) < 4.78 is 162. The lowest BCUT2D eigenvalue weighted by atomic mass is 10.0. The third kappa shape index (κ3) is 9.10. The number of halogens is 8. The van der Waals surface area contributed by atoms with Crippen LogP contribution in [0.1, 0.15) is 41.9 Å². The smallest absolute Gasteiger partial charge is 0.418 e. The Hall–Kier alpha value is -5.63. The second-order valence-electron chi connectivity index (χ2n) is 15.6. The van der Waals surface area contributed by atoms with Crippen LogP contribution in [0.25, 0.3) is 38.7 Å². The summed E-state index contributed by atoms with van der Waals surface area (Å²) in [5, 5.41) is 0.276. The highest BCUT2D eigenvalue weighted by Crippen LogP contribution is 2.48. The van der Waals surface area contributed by atoms with E-state index in [2.05, 4.69) is 0 Å². The van der Waals surface area contributed by atoms with Gasteiger partial charge in [-0.15, -0.1) is 0 Å². The quantitative estimate of drug-likeness (QED) is 0.0672. The molecule has 1 aliphatic rings. The fraction of sp³-hybridized carbons (Fsp3) is 0.213. The summed E-state index contributed by atoms with van der Waals surface area (Å²) in [7, 11) is -9.69. The minimum atomic E-state index is -4.85. The third-order valence-corrected chi connectivity index (χ3v) is 14.2. The maximum absolute atomic E-state index is 14.4. The summed E-state index contributed by atoms with van der Waals surface area (Å²) >= 11 is 12.5. The number of benzene rings is 6. The van der Waals surface area contributed by atoms with Crippen LogP contribution in [0.15, 0.2) is 125 Å². The Morgan fingerprint density at radius 1 is 0.642 bits per heavy atom. The number of nitrogens with zero attached hydrogens (tertiary/aromatic N) is 4. The number of anilines is 2. The average Bonchev–Trinajstić information content (AvgIpc) is 3.71. The molecule has 0 N–H and O–H groups in total. The minimum absolute atomic E-state index is 0.0594. The first-order valence-corrected chi connectivity index (χ1v) is 24.2. The van der Waals surface area contributed by atoms with Gasteiger partial charge in [0.15, 0.2) is 11.0 Å². The number of hydrogen-bond acceptors (Lipinski definition) is 8. The number of imidazole rings is 1. The van der Waals surface area contributed by atoms with E-state index in [1.807, 2.05) is 0 Å². The van der Waals surface area contributed by atoms with Crippen LogP contribution in [0.5, 0.6) is 0 Å². The molecule has 2 heterocycles. The van der Waals surface area contributed by atoms with Gasteiger partial charge in [-0.3, -0.25) is 0 Å². The van der Waals surface area contributed by atoms with Crippen molar-refractivity contribution < 1.29 is 56.9 Å². The number of alkyl halides is 6. The van der Waals surface area contributed by atoms with E-state index in [-0.39, 0.29) is 61.0 Å². The number of fused-ring (bicyclic) bond motifs is 4. The van der Waals surface area contributed by atoms with E-state index < -0.39 is 63.6 Å². The first kappa shape index (κ1) is 47.8. The van der Waals surface area contributed by atoms with Crippen LogP contribution in [-0.4, -0.2) is 43.6 Å². The van der Waals surface area contributed by atoms with Crippen LogP contribution in [0.4, 0.5) is 37.7 Å². The van der Waals surface area contributed by atoms with Crippen molar-refractivity contribution in [3.8, 4) is 0 Å². The molecular formula is C47H37Cl2F6N4O6S2-. The highest BCUT2D eigenvalue weighted by atomic mass is 35.5. The van der Waals surface area contributed by atoms with Crippen molar-refractivity contribution in [2.45, 2.75) is 61.9 Å². The van der Waals surface area contributed by atoms with E-state index >= 15 is 0 Å². The topological polar surface area (TPSA) is 130 Å². The minimum Gasteiger partial charge on any atom is -0.744 e. The molecule has 67 heavy (non-hydrogen) atoms. The van der Waals surface area contributed by atoms with E-state index in [0.29, 0.717) is 44.7 Å². The van der Waals surface area contributed by atoms with Gasteiger partial charge in [0.25, 0.3) is 5.82 Å². The van der Waals surface area contributed by atoms with Gasteiger partial charge >= 0.3 is 12.4 Å². The number of hydrogen-bond donors (Lipinski definition) is 0. The van der Waals surface area contributed by atoms with Gasteiger partial charge in [-0.1, -0.05) is 89.9 Å². The number of rotatable bonds is 12. The highest BCUT2D eigenvalue weighted by molar-refractivity contribution is 7.86. The molecule has 1 aliphatic heterocycles. The van der Waals surface area contributed by atoms with Crippen LogP contribution in [0.3, 0.4) is 0 Å². The highest BCUT2D eigenvalue weighted by Gasteiger charge is 2.39. The lowest BCUT2D eigenvalue weighted by Gasteiger charge is -2.25. The summed E-state index contributed by atoms with van der Waals surface area (Å²) in [6.45, 7) is 4.23. The van der Waals surface area contributed by atoms with E-state index in [9.17, 15) is 52.3 Å². The summed E-state index contributed by atoms with van der Waals surface area (Å²) in [5.41, 5.74) is 0.185. The van der Waals surface area contributed by atoms with Crippen LogP contribution < -0.4 is 14.4 Å². The molecule has 0 saturated heterocycles. The molecule has 10 nitrogen and oxygen atoms in total. The van der Waals surface area contributed by atoms with Crippen molar-refractivity contribution in [1.82, 2.24) is 4.57 Å². The second kappa shape index (κ2) is 17.8. The fourth-order valence-electron chi connectivity index (χ4n) is 8.91. The first-order chi connectivity index (χ1) is 31.5. The molecular weight excluding hydrogens is 966 g/mol. The van der Waals surface area contributed by atoms with Gasteiger partial charge in [0.1, 0.15) is 26.1 Å². The molecule has 0 bridgehead atoms. The lowest BCUT2D eigenvalue weighted by molar-refractivity contribution is -0.673. The zero-order chi connectivity index (χ0) is 48.4. The molecule has 8 rings (SSSR count). The van der Waals surface area contributed by atoms with E-state index in [0.717, 1.165) is 12.1 Å². The fourth-order valence-corrected chi connectivity index (χ4v) is 10.8. The Labute approximate surface area is 391 Å². The van der Waals surface area contributed by atoms with E-state index in [1.54, 1.807) is 87.4 Å². The third-order valence-electron chi connectivity index (χ3n) is 11.8. The molecule has 0 atom stereocenters. The maximum Gasteiger partial charge on any atom is 0.418 e. The van der Waals surface area contributed by atoms with Crippen LogP contribution in [-0.2, 0) is 58.5 Å². The molecule has 0 aliphatic carbocycles. The summed E-state index contributed by atoms with van der Waals surface area (Å²) in [5.74, 6) is 0.834. The molecule has 0 spiro atoms. The standard InChI is InChI=1S/C47H38Cl2F6N4O6S2/c1-3-56-40-26-36(48)34(46(50,51)52)24-38(40)58(22-20-28-16-18-42(66(60,61)62)32-12-7-5-10-30(28)32)44(56)14-9-15-45-57(4-2)41-27-37(49)35(47(53,54)55)25-39(41)59(45)23-21-29-17-19-43(67(63,64)65)33-13-8-6-11-31(29)33/h5-19,24-27H,3-4,20-23H2,1-2H3,(H-,60,61,62,63,64,65)/p-1. The van der Waals surface area contributed by atoms with Gasteiger partial charge in [0, 0.05) is 37.7 Å². The molecule has 350 valence electrons. The molecule has 20 heteroatoms. The van der Waals surface area contributed by atoms with Gasteiger partial charge in [0.2, 0.25) is 0 Å². The van der Waals surface area contributed by atoms with Gasteiger partial charge < -0.3 is 18.9 Å². The average molecular weight is 1000 g/mol. The summed E-state index contributed by atoms with van der Waals surface area (Å²) in [4.78, 5) is 2.60. The molecule has 6 aromatic carbocycles. The van der Waals surface area contributed by atoms with Crippen LogP contribution >= 0.6 is 23.2 Å². The summed E-state index contributed by atoms with van der Waals surface area (Å²) in [6, 6.07) is 22.6. The van der Waals surface area contributed by atoms with Crippen molar-refractivity contribution >= 4 is 93.5 Å². The zero-order valence-corrected chi connectivity index (χ0v) is 38.4. The first-order valence-electron chi connectivity index (χ1n) is 20.6. The van der Waals surface area contributed by atoms with Crippen molar-refractivity contribution in [1.29, 1.82) is 0 Å². The molecule has 0 unspecified atom stereocenters. The van der Waals surface area contributed by atoms with Gasteiger partial charge in [-0.2, -0.15) is 26.3 Å². The molecule has 1 aromatic heterocycles. The second-order valence-corrected chi connectivity index (χ2v) is 19.1. The van der Waals surface area contributed by atoms with Gasteiger partial charge in [0.05, 0.1) is 55.4 Å². The van der Waals surface area contributed by atoms with Gasteiger partial charge in [-0.25, -0.2) is 26.0 Å². The summed E-state index contributed by atoms with van der Waals surface area (Å²) in [6.07, 6.45) is -4.35. The zero-order valence-electron chi connectivity index (χ0n) is 35.3.